The van der Waals surface area contributed by atoms with Crippen molar-refractivity contribution in [3.05, 3.63) is 53.1 Å². The molecule has 2 rings (SSSR count). The summed E-state index contributed by atoms with van der Waals surface area (Å²) in [7, 11) is 0. The highest BCUT2D eigenvalue weighted by Crippen LogP contribution is 2.38. The minimum atomic E-state index is -0.401. The first-order valence-electron chi connectivity index (χ1n) is 6.03. The fraction of sp³-hybridized carbons (Fsp3) is 0.312. The van der Waals surface area contributed by atoms with Gasteiger partial charge in [-0.3, -0.25) is 4.79 Å². The van der Waals surface area contributed by atoms with Gasteiger partial charge in [-0.05, 0) is 50.0 Å². The van der Waals surface area contributed by atoms with Crippen LogP contribution in [0.5, 0.6) is 0 Å². The van der Waals surface area contributed by atoms with Crippen molar-refractivity contribution in [2.45, 2.75) is 32.6 Å². The van der Waals surface area contributed by atoms with Gasteiger partial charge in [-0.15, -0.1) is 0 Å². The van der Waals surface area contributed by atoms with E-state index in [0.29, 0.717) is 0 Å². The first-order chi connectivity index (χ1) is 8.09. The minimum absolute atomic E-state index is 0.245. The lowest BCUT2D eigenvalue weighted by Crippen LogP contribution is -2.35. The molecule has 0 amide bonds. The Balaban J connectivity index is 2.59. The van der Waals surface area contributed by atoms with Crippen LogP contribution in [0.1, 0.15) is 38.3 Å². The molecule has 1 atom stereocenters. The van der Waals surface area contributed by atoms with Gasteiger partial charge in [0.25, 0.3) is 0 Å². The van der Waals surface area contributed by atoms with E-state index < -0.39 is 5.41 Å². The summed E-state index contributed by atoms with van der Waals surface area (Å²) in [4.78, 5) is 12.4. The number of carbonyl (C=O) groups excluding carboxylic acids is 1. The zero-order valence-corrected chi connectivity index (χ0v) is 10.7. The largest absolute Gasteiger partial charge is 0.294 e. The molecule has 1 aromatic carbocycles. The summed E-state index contributed by atoms with van der Waals surface area (Å²) in [6.07, 6.45) is 6.85. The molecule has 0 aliphatic heterocycles. The van der Waals surface area contributed by atoms with Gasteiger partial charge in [0.05, 0.1) is 5.41 Å². The van der Waals surface area contributed by atoms with Crippen LogP contribution in [0.25, 0.3) is 6.08 Å². The van der Waals surface area contributed by atoms with E-state index >= 15 is 0 Å². The maximum atomic E-state index is 12.4. The van der Waals surface area contributed by atoms with Crippen molar-refractivity contribution in [2.75, 3.05) is 0 Å². The highest BCUT2D eigenvalue weighted by Gasteiger charge is 2.38. The first-order valence-corrected chi connectivity index (χ1v) is 6.03. The molecule has 0 heterocycles. The Morgan fingerprint density at radius 2 is 2.00 bits per heavy atom. The SMILES string of the molecule is C/C=C/C[C@]1(C)C(=O)C(C)=Cc2ccccc21. The number of rotatable bonds is 2. The summed E-state index contributed by atoms with van der Waals surface area (Å²) < 4.78 is 0. The smallest absolute Gasteiger partial charge is 0.169 e. The Morgan fingerprint density at radius 3 is 2.71 bits per heavy atom. The fourth-order valence-electron chi connectivity index (χ4n) is 2.54. The monoisotopic (exact) mass is 226 g/mol. The molecule has 0 fully saturated rings. The molecular formula is C16H18O. The zero-order chi connectivity index (χ0) is 12.5. The van der Waals surface area contributed by atoms with Gasteiger partial charge in [0.15, 0.2) is 5.78 Å². The summed E-state index contributed by atoms with van der Waals surface area (Å²) in [5.41, 5.74) is 2.78. The lowest BCUT2D eigenvalue weighted by Gasteiger charge is -2.32. The number of carbonyl (C=O) groups is 1. The molecule has 1 heteroatoms. The average Bonchev–Trinajstić information content (AvgIpc) is 2.34. The highest BCUT2D eigenvalue weighted by molar-refractivity contribution is 6.09. The number of Topliss-reactive ketones (excluding diaryl/α,β-unsaturated/α-hetero) is 1. The van der Waals surface area contributed by atoms with Crippen molar-refractivity contribution < 1.29 is 4.79 Å². The summed E-state index contributed by atoms with van der Waals surface area (Å²) in [6.45, 7) is 5.95. The molecule has 0 saturated carbocycles. The van der Waals surface area contributed by atoms with Gasteiger partial charge < -0.3 is 0 Å². The Morgan fingerprint density at radius 1 is 1.29 bits per heavy atom. The van der Waals surface area contributed by atoms with Crippen LogP contribution in [0.3, 0.4) is 0 Å². The third kappa shape index (κ3) is 1.86. The molecule has 1 aliphatic rings. The van der Waals surface area contributed by atoms with Gasteiger partial charge in [0.1, 0.15) is 0 Å². The third-order valence-electron chi connectivity index (χ3n) is 3.55. The summed E-state index contributed by atoms with van der Waals surface area (Å²) in [5, 5.41) is 0. The van der Waals surface area contributed by atoms with Crippen LogP contribution in [0, 0.1) is 0 Å². The van der Waals surface area contributed by atoms with Crippen LogP contribution in [0.15, 0.2) is 42.0 Å². The highest BCUT2D eigenvalue weighted by atomic mass is 16.1. The van der Waals surface area contributed by atoms with Crippen molar-refractivity contribution in [3.8, 4) is 0 Å². The van der Waals surface area contributed by atoms with Gasteiger partial charge in [-0.2, -0.15) is 0 Å². The number of fused-ring (bicyclic) bond motifs is 1. The second kappa shape index (κ2) is 4.33. The molecule has 0 saturated heterocycles. The van der Waals surface area contributed by atoms with Crippen LogP contribution in [-0.4, -0.2) is 5.78 Å². The maximum Gasteiger partial charge on any atom is 0.169 e. The quantitative estimate of drug-likeness (QED) is 0.699. The Kier molecular flexibility index (Phi) is 3.01. The average molecular weight is 226 g/mol. The maximum absolute atomic E-state index is 12.4. The number of allylic oxidation sites excluding steroid dienone is 3. The van der Waals surface area contributed by atoms with E-state index in [-0.39, 0.29) is 5.78 Å². The first kappa shape index (κ1) is 11.8. The minimum Gasteiger partial charge on any atom is -0.294 e. The summed E-state index contributed by atoms with van der Waals surface area (Å²) in [6, 6.07) is 8.18. The molecule has 1 aromatic rings. The van der Waals surface area contributed by atoms with E-state index in [4.69, 9.17) is 0 Å². The van der Waals surface area contributed by atoms with E-state index in [2.05, 4.69) is 18.2 Å². The molecule has 1 aliphatic carbocycles. The van der Waals surface area contributed by atoms with E-state index in [0.717, 1.165) is 17.6 Å². The van der Waals surface area contributed by atoms with Crippen LogP contribution in [0.2, 0.25) is 0 Å². The van der Waals surface area contributed by atoms with Crippen molar-refractivity contribution >= 4 is 11.9 Å². The number of hydrogen-bond acceptors (Lipinski definition) is 1. The Hall–Kier alpha value is -1.63. The van der Waals surface area contributed by atoms with Gasteiger partial charge in [0.2, 0.25) is 0 Å². The molecule has 88 valence electrons. The van der Waals surface area contributed by atoms with Crippen molar-refractivity contribution in [2.24, 2.45) is 0 Å². The van der Waals surface area contributed by atoms with E-state index in [9.17, 15) is 4.79 Å². The van der Waals surface area contributed by atoms with E-state index in [1.54, 1.807) is 0 Å². The van der Waals surface area contributed by atoms with Crippen molar-refractivity contribution in [3.63, 3.8) is 0 Å². The molecule has 0 unspecified atom stereocenters. The molecule has 0 spiro atoms. The van der Waals surface area contributed by atoms with Crippen LogP contribution in [0.4, 0.5) is 0 Å². The molecule has 1 nitrogen and oxygen atoms in total. The van der Waals surface area contributed by atoms with Gasteiger partial charge >= 0.3 is 0 Å². The van der Waals surface area contributed by atoms with Gasteiger partial charge in [-0.25, -0.2) is 0 Å². The lowest BCUT2D eigenvalue weighted by molar-refractivity contribution is -0.120. The Bertz CT molecular complexity index is 508. The van der Waals surface area contributed by atoms with Crippen LogP contribution >= 0.6 is 0 Å². The molecule has 0 N–H and O–H groups in total. The predicted molar refractivity (Wildman–Crippen MR) is 71.9 cm³/mol. The van der Waals surface area contributed by atoms with E-state index in [1.807, 2.05) is 45.1 Å². The van der Waals surface area contributed by atoms with Crippen LogP contribution < -0.4 is 0 Å². The number of hydrogen-bond donors (Lipinski definition) is 0. The molecule has 0 aromatic heterocycles. The number of benzene rings is 1. The summed E-state index contributed by atoms with van der Waals surface area (Å²) in [5.74, 6) is 0.245. The van der Waals surface area contributed by atoms with Gasteiger partial charge in [0, 0.05) is 0 Å². The normalized spacial score (nSPS) is 23.7. The molecule has 0 radical (unpaired) electrons. The zero-order valence-electron chi connectivity index (χ0n) is 10.7. The van der Waals surface area contributed by atoms with Gasteiger partial charge in [-0.1, -0.05) is 36.4 Å². The summed E-state index contributed by atoms with van der Waals surface area (Å²) >= 11 is 0. The molecular weight excluding hydrogens is 208 g/mol. The Labute approximate surface area is 103 Å². The lowest BCUT2D eigenvalue weighted by atomic mass is 9.69. The van der Waals surface area contributed by atoms with Crippen LogP contribution in [-0.2, 0) is 10.2 Å². The predicted octanol–water partition coefficient (Wildman–Crippen LogP) is 3.90. The molecule has 17 heavy (non-hydrogen) atoms. The third-order valence-corrected chi connectivity index (χ3v) is 3.55. The topological polar surface area (TPSA) is 17.1 Å². The fourth-order valence-corrected chi connectivity index (χ4v) is 2.54. The standard InChI is InChI=1S/C16H18O/c1-4-5-10-16(3)14-9-7-6-8-13(14)11-12(2)15(16)17/h4-9,11H,10H2,1-3H3/b5-4+/t16-/m0/s1. The second-order valence-electron chi connectivity index (χ2n) is 4.85. The van der Waals surface area contributed by atoms with Crippen molar-refractivity contribution in [1.29, 1.82) is 0 Å². The number of ketones is 1. The van der Waals surface area contributed by atoms with E-state index in [1.165, 1.54) is 5.56 Å². The second-order valence-corrected chi connectivity index (χ2v) is 4.85. The van der Waals surface area contributed by atoms with Crippen molar-refractivity contribution in [1.82, 2.24) is 0 Å². The molecule has 0 bridgehead atoms.